The van der Waals surface area contributed by atoms with Crippen LogP contribution in [0.1, 0.15) is 30.9 Å². The highest BCUT2D eigenvalue weighted by Gasteiger charge is 2.38. The lowest BCUT2D eigenvalue weighted by Crippen LogP contribution is -2.38. The van der Waals surface area contributed by atoms with Crippen molar-refractivity contribution in [3.05, 3.63) is 40.3 Å². The molecule has 0 aromatic heterocycles. The van der Waals surface area contributed by atoms with Crippen LogP contribution in [0, 0.1) is 5.92 Å². The molecule has 2 aliphatic heterocycles. The highest BCUT2D eigenvalue weighted by molar-refractivity contribution is 5.56. The Morgan fingerprint density at radius 3 is 3.16 bits per heavy atom. The van der Waals surface area contributed by atoms with Crippen molar-refractivity contribution in [2.45, 2.75) is 31.3 Å². The van der Waals surface area contributed by atoms with Crippen LogP contribution >= 0.6 is 0 Å². The van der Waals surface area contributed by atoms with Crippen molar-refractivity contribution < 1.29 is 0 Å². The first-order chi connectivity index (χ1) is 9.40. The van der Waals surface area contributed by atoms with Crippen molar-refractivity contribution in [1.29, 1.82) is 0 Å². The molecule has 3 rings (SSSR count). The van der Waals surface area contributed by atoms with E-state index in [0.717, 1.165) is 19.4 Å². The van der Waals surface area contributed by atoms with Crippen molar-refractivity contribution in [2.75, 3.05) is 18.4 Å². The van der Waals surface area contributed by atoms with E-state index in [0.29, 0.717) is 24.5 Å². The Labute approximate surface area is 113 Å². The molecular weight excluding hydrogens is 238 g/mol. The van der Waals surface area contributed by atoms with Crippen molar-refractivity contribution >= 4 is 5.69 Å². The summed E-state index contributed by atoms with van der Waals surface area (Å²) in [5.74, 6) is 0.654. The summed E-state index contributed by atoms with van der Waals surface area (Å²) in [5, 5.41) is 10.9. The van der Waals surface area contributed by atoms with Gasteiger partial charge >= 0.3 is 0 Å². The van der Waals surface area contributed by atoms with E-state index in [4.69, 9.17) is 5.53 Å². The van der Waals surface area contributed by atoms with Gasteiger partial charge in [-0.1, -0.05) is 23.3 Å². The highest BCUT2D eigenvalue weighted by atomic mass is 15.1. The van der Waals surface area contributed by atoms with Gasteiger partial charge < -0.3 is 10.6 Å². The fraction of sp³-hybridized carbons (Fsp3) is 0.571. The Morgan fingerprint density at radius 2 is 2.26 bits per heavy atom. The third kappa shape index (κ3) is 2.39. The van der Waals surface area contributed by atoms with Gasteiger partial charge in [0.15, 0.2) is 0 Å². The molecule has 0 radical (unpaired) electrons. The maximum absolute atomic E-state index is 8.32. The fourth-order valence-electron chi connectivity index (χ4n) is 3.42. The first-order valence-electron chi connectivity index (χ1n) is 7.00. The van der Waals surface area contributed by atoms with E-state index in [2.05, 4.69) is 44.9 Å². The molecule has 1 fully saturated rings. The summed E-state index contributed by atoms with van der Waals surface area (Å²) < 4.78 is 0. The summed E-state index contributed by atoms with van der Waals surface area (Å²) in [4.78, 5) is 2.81. The number of fused-ring (bicyclic) bond motifs is 3. The van der Waals surface area contributed by atoms with Gasteiger partial charge in [0.05, 0.1) is 0 Å². The number of rotatable bonds is 4. The quantitative estimate of drug-likeness (QED) is 0.376. The summed E-state index contributed by atoms with van der Waals surface area (Å²) in [5.41, 5.74) is 11.0. The lowest BCUT2D eigenvalue weighted by Gasteiger charge is -2.37. The van der Waals surface area contributed by atoms with Crippen LogP contribution < -0.4 is 10.6 Å². The predicted octanol–water partition coefficient (Wildman–Crippen LogP) is 3.22. The van der Waals surface area contributed by atoms with Gasteiger partial charge in [0, 0.05) is 29.2 Å². The predicted molar refractivity (Wildman–Crippen MR) is 76.0 cm³/mol. The molecule has 0 aliphatic carbocycles. The van der Waals surface area contributed by atoms with E-state index in [1.807, 2.05) is 0 Å². The number of anilines is 1. The Morgan fingerprint density at radius 1 is 1.37 bits per heavy atom. The van der Waals surface area contributed by atoms with Crippen LogP contribution in [0.3, 0.4) is 0 Å². The van der Waals surface area contributed by atoms with E-state index >= 15 is 0 Å². The molecule has 2 heterocycles. The van der Waals surface area contributed by atoms with Gasteiger partial charge in [-0.15, -0.1) is 0 Å². The third-order valence-corrected chi connectivity index (χ3v) is 4.26. The number of hydrogen-bond donors (Lipinski definition) is 2. The Hall–Kier alpha value is -1.71. The summed E-state index contributed by atoms with van der Waals surface area (Å²) in [6.07, 6.45) is 3.24. The minimum atomic E-state index is 0.488. The minimum absolute atomic E-state index is 0.488. The molecule has 3 atom stereocenters. The maximum Gasteiger partial charge on any atom is 0.0391 e. The van der Waals surface area contributed by atoms with Crippen molar-refractivity contribution in [3.8, 4) is 0 Å². The number of nitrogens with one attached hydrogen (secondary N) is 2. The highest BCUT2D eigenvalue weighted by Crippen LogP contribution is 2.42. The van der Waals surface area contributed by atoms with Gasteiger partial charge in [0.2, 0.25) is 0 Å². The second kappa shape index (κ2) is 5.51. The molecule has 0 amide bonds. The van der Waals surface area contributed by atoms with E-state index in [1.165, 1.54) is 17.7 Å². The zero-order chi connectivity index (χ0) is 13.1. The first kappa shape index (κ1) is 12.3. The van der Waals surface area contributed by atoms with Crippen LogP contribution in [-0.2, 0) is 0 Å². The van der Waals surface area contributed by atoms with Crippen LogP contribution in [0.5, 0.6) is 0 Å². The molecule has 1 aromatic carbocycles. The van der Waals surface area contributed by atoms with Gasteiger partial charge in [-0.3, -0.25) is 0 Å². The van der Waals surface area contributed by atoms with E-state index in [-0.39, 0.29) is 0 Å². The molecule has 1 saturated heterocycles. The molecule has 100 valence electrons. The molecule has 0 unspecified atom stereocenters. The Balaban J connectivity index is 1.74. The molecule has 2 aliphatic rings. The topological polar surface area (TPSA) is 72.8 Å². The molecule has 19 heavy (non-hydrogen) atoms. The van der Waals surface area contributed by atoms with Crippen molar-refractivity contribution in [2.24, 2.45) is 11.0 Å². The molecule has 2 N–H and O–H groups in total. The minimum Gasteiger partial charge on any atom is -0.382 e. The smallest absolute Gasteiger partial charge is 0.0391 e. The number of nitrogens with zero attached hydrogens (tertiary/aromatic N) is 3. The second-order valence-electron chi connectivity index (χ2n) is 5.32. The number of para-hydroxylation sites is 1. The maximum atomic E-state index is 8.32. The van der Waals surface area contributed by atoms with Crippen LogP contribution in [-0.4, -0.2) is 19.1 Å². The summed E-state index contributed by atoms with van der Waals surface area (Å²) in [6.45, 7) is 1.69. The van der Waals surface area contributed by atoms with Gasteiger partial charge in [-0.25, -0.2) is 0 Å². The van der Waals surface area contributed by atoms with Crippen molar-refractivity contribution in [1.82, 2.24) is 5.32 Å². The standard InChI is InChI=1S/C14H19N5/c15-19-17-8-3-6-13-11-7-9-16-14(11)10-4-1-2-5-12(10)18-13/h1-2,4-5,11,13-14,16,18H,3,6-9H2/t11-,13-,14+/m0/s1. The summed E-state index contributed by atoms with van der Waals surface area (Å²) in [6, 6.07) is 9.55. The zero-order valence-corrected chi connectivity index (χ0v) is 10.9. The van der Waals surface area contributed by atoms with Crippen LogP contribution in [0.25, 0.3) is 10.4 Å². The normalized spacial score (nSPS) is 27.9. The number of azide groups is 1. The molecular formula is C14H19N5. The zero-order valence-electron chi connectivity index (χ0n) is 10.9. The fourth-order valence-corrected chi connectivity index (χ4v) is 3.42. The van der Waals surface area contributed by atoms with E-state index in [1.54, 1.807) is 0 Å². The molecule has 0 saturated carbocycles. The Kier molecular flexibility index (Phi) is 3.58. The van der Waals surface area contributed by atoms with Crippen molar-refractivity contribution in [3.63, 3.8) is 0 Å². The van der Waals surface area contributed by atoms with Crippen LogP contribution in [0.15, 0.2) is 29.4 Å². The molecule has 0 bridgehead atoms. The third-order valence-electron chi connectivity index (χ3n) is 4.26. The Bertz CT molecular complexity index is 494. The second-order valence-corrected chi connectivity index (χ2v) is 5.32. The molecule has 0 spiro atoms. The molecule has 1 aromatic rings. The van der Waals surface area contributed by atoms with Gasteiger partial charge in [-0.05, 0) is 48.9 Å². The summed E-state index contributed by atoms with van der Waals surface area (Å²) in [7, 11) is 0. The lowest BCUT2D eigenvalue weighted by atomic mass is 9.81. The first-order valence-corrected chi connectivity index (χ1v) is 7.00. The SMILES string of the molecule is [N-]=[N+]=NCCC[C@@H]1Nc2ccccc2[C@H]2NCC[C@@H]12. The average Bonchev–Trinajstić information content (AvgIpc) is 2.93. The molecule has 5 nitrogen and oxygen atoms in total. The number of hydrogen-bond acceptors (Lipinski definition) is 3. The van der Waals surface area contributed by atoms with E-state index in [9.17, 15) is 0 Å². The largest absolute Gasteiger partial charge is 0.382 e. The van der Waals surface area contributed by atoms with Crippen LogP contribution in [0.2, 0.25) is 0 Å². The average molecular weight is 257 g/mol. The van der Waals surface area contributed by atoms with Gasteiger partial charge in [0.1, 0.15) is 0 Å². The summed E-state index contributed by atoms with van der Waals surface area (Å²) >= 11 is 0. The lowest BCUT2D eigenvalue weighted by molar-refractivity contribution is 0.364. The van der Waals surface area contributed by atoms with Gasteiger partial charge in [-0.2, -0.15) is 0 Å². The van der Waals surface area contributed by atoms with Crippen LogP contribution in [0.4, 0.5) is 5.69 Å². The monoisotopic (exact) mass is 257 g/mol. The number of benzene rings is 1. The van der Waals surface area contributed by atoms with Gasteiger partial charge in [0.25, 0.3) is 0 Å². The van der Waals surface area contributed by atoms with E-state index < -0.39 is 0 Å². The molecule has 5 heteroatoms.